The van der Waals surface area contributed by atoms with Gasteiger partial charge in [-0.15, -0.1) is 0 Å². The summed E-state index contributed by atoms with van der Waals surface area (Å²) >= 11 is 6.00. The molecule has 14 heavy (non-hydrogen) atoms. The molecule has 0 saturated carbocycles. The van der Waals surface area contributed by atoms with Gasteiger partial charge in [-0.1, -0.05) is 11.6 Å². The van der Waals surface area contributed by atoms with E-state index < -0.39 is 0 Å². The van der Waals surface area contributed by atoms with Gasteiger partial charge in [0, 0.05) is 27.7 Å². The predicted molar refractivity (Wildman–Crippen MR) is 58.1 cm³/mol. The minimum absolute atomic E-state index is 0.0520. The van der Waals surface area contributed by atoms with E-state index in [1.165, 1.54) is 0 Å². The molecule has 2 nitrogen and oxygen atoms in total. The number of rotatable bonds is 1. The van der Waals surface area contributed by atoms with Crippen LogP contribution in [0.5, 0.6) is 0 Å². The molecule has 0 aliphatic carbocycles. The van der Waals surface area contributed by atoms with Gasteiger partial charge in [0.1, 0.15) is 0 Å². The van der Waals surface area contributed by atoms with Gasteiger partial charge >= 0.3 is 0 Å². The fraction of sp³-hybridized carbons (Fsp3) is 0.182. The van der Waals surface area contributed by atoms with Crippen LogP contribution in [-0.2, 0) is 0 Å². The maximum atomic E-state index is 11.3. The average Bonchev–Trinajstić information content (AvgIpc) is 2.48. The lowest BCUT2D eigenvalue weighted by atomic mass is 10.1. The predicted octanol–water partition coefficient (Wildman–Crippen LogP) is 3.33. The largest absolute Gasteiger partial charge is 0.360 e. The van der Waals surface area contributed by atoms with Crippen LogP contribution < -0.4 is 0 Å². The van der Waals surface area contributed by atoms with E-state index in [0.29, 0.717) is 10.6 Å². The van der Waals surface area contributed by atoms with Crippen LogP contribution in [0.15, 0.2) is 18.3 Å². The molecule has 72 valence electrons. The SMILES string of the molecule is CC(=O)c1c[nH]c2cc(C)c(Cl)cc12. The van der Waals surface area contributed by atoms with Gasteiger partial charge in [0.25, 0.3) is 0 Å². The molecule has 0 bridgehead atoms. The molecule has 0 radical (unpaired) electrons. The summed E-state index contributed by atoms with van der Waals surface area (Å²) in [6, 6.07) is 3.78. The third-order valence-corrected chi connectivity index (χ3v) is 2.75. The number of aryl methyl sites for hydroxylation is 1. The smallest absolute Gasteiger partial charge is 0.161 e. The molecule has 1 N–H and O–H groups in total. The van der Waals surface area contributed by atoms with Gasteiger partial charge in [0.15, 0.2) is 5.78 Å². The molecule has 2 aromatic rings. The Morgan fingerprint density at radius 3 is 2.79 bits per heavy atom. The second kappa shape index (κ2) is 3.14. The van der Waals surface area contributed by atoms with E-state index in [1.54, 1.807) is 13.1 Å². The van der Waals surface area contributed by atoms with Crippen LogP contribution in [0.4, 0.5) is 0 Å². The zero-order valence-electron chi connectivity index (χ0n) is 8.02. The fourth-order valence-electron chi connectivity index (χ4n) is 1.54. The first-order chi connectivity index (χ1) is 6.59. The Labute approximate surface area is 86.9 Å². The van der Waals surface area contributed by atoms with Crippen molar-refractivity contribution < 1.29 is 4.79 Å². The van der Waals surface area contributed by atoms with Gasteiger partial charge in [-0.2, -0.15) is 0 Å². The summed E-state index contributed by atoms with van der Waals surface area (Å²) in [5, 5.41) is 1.59. The van der Waals surface area contributed by atoms with Crippen LogP contribution in [0.2, 0.25) is 5.02 Å². The topological polar surface area (TPSA) is 32.9 Å². The highest BCUT2D eigenvalue weighted by Crippen LogP contribution is 2.25. The molecule has 0 spiro atoms. The van der Waals surface area contributed by atoms with Crippen LogP contribution >= 0.6 is 11.6 Å². The molecule has 1 aromatic carbocycles. The maximum Gasteiger partial charge on any atom is 0.161 e. The number of carbonyl (C=O) groups is 1. The van der Waals surface area contributed by atoms with E-state index in [9.17, 15) is 4.79 Å². The summed E-state index contributed by atoms with van der Waals surface area (Å²) < 4.78 is 0. The molecule has 3 heteroatoms. The maximum absolute atomic E-state index is 11.3. The number of nitrogens with one attached hydrogen (secondary N) is 1. The zero-order chi connectivity index (χ0) is 10.3. The number of fused-ring (bicyclic) bond motifs is 1. The van der Waals surface area contributed by atoms with Crippen molar-refractivity contribution in [3.05, 3.63) is 34.5 Å². The van der Waals surface area contributed by atoms with E-state index >= 15 is 0 Å². The fourth-order valence-corrected chi connectivity index (χ4v) is 1.71. The zero-order valence-corrected chi connectivity index (χ0v) is 8.77. The first-order valence-electron chi connectivity index (χ1n) is 4.38. The summed E-state index contributed by atoms with van der Waals surface area (Å²) in [4.78, 5) is 14.3. The number of ketones is 1. The molecule has 1 heterocycles. The van der Waals surface area contributed by atoms with E-state index in [-0.39, 0.29) is 5.78 Å². The molecule has 0 aliphatic rings. The van der Waals surface area contributed by atoms with Crippen molar-refractivity contribution in [2.24, 2.45) is 0 Å². The van der Waals surface area contributed by atoms with Gasteiger partial charge in [-0.3, -0.25) is 4.79 Å². The van der Waals surface area contributed by atoms with Crippen LogP contribution in [0.25, 0.3) is 10.9 Å². The Hall–Kier alpha value is -1.28. The molecular formula is C11H10ClNO. The molecule has 0 amide bonds. The van der Waals surface area contributed by atoms with Gasteiger partial charge in [0.2, 0.25) is 0 Å². The highest BCUT2D eigenvalue weighted by molar-refractivity contribution is 6.32. The molecule has 0 saturated heterocycles. The van der Waals surface area contributed by atoms with Crippen LogP contribution in [0.3, 0.4) is 0 Å². The minimum atomic E-state index is 0.0520. The Kier molecular flexibility index (Phi) is 2.08. The highest BCUT2D eigenvalue weighted by atomic mass is 35.5. The quantitative estimate of drug-likeness (QED) is 0.715. The van der Waals surface area contributed by atoms with Crippen molar-refractivity contribution in [1.82, 2.24) is 4.98 Å². The molecule has 1 aromatic heterocycles. The van der Waals surface area contributed by atoms with E-state index in [2.05, 4.69) is 4.98 Å². The molecule has 0 atom stereocenters. The monoisotopic (exact) mass is 207 g/mol. The Morgan fingerprint density at radius 1 is 1.43 bits per heavy atom. The first kappa shape index (κ1) is 9.28. The Bertz CT molecular complexity index is 513. The molecular weight excluding hydrogens is 198 g/mol. The summed E-state index contributed by atoms with van der Waals surface area (Å²) in [5.74, 6) is 0.0520. The Balaban J connectivity index is 2.80. The lowest BCUT2D eigenvalue weighted by Gasteiger charge is -1.98. The highest BCUT2D eigenvalue weighted by Gasteiger charge is 2.09. The van der Waals surface area contributed by atoms with Crippen LogP contribution in [0.1, 0.15) is 22.8 Å². The van der Waals surface area contributed by atoms with Crippen molar-refractivity contribution in [1.29, 1.82) is 0 Å². The minimum Gasteiger partial charge on any atom is -0.360 e. The normalized spacial score (nSPS) is 10.8. The van der Waals surface area contributed by atoms with Crippen LogP contribution in [-0.4, -0.2) is 10.8 Å². The number of benzene rings is 1. The van der Waals surface area contributed by atoms with Gasteiger partial charge < -0.3 is 4.98 Å². The average molecular weight is 208 g/mol. The summed E-state index contributed by atoms with van der Waals surface area (Å²) in [6.07, 6.45) is 1.72. The van der Waals surface area contributed by atoms with E-state index in [4.69, 9.17) is 11.6 Å². The number of H-pyrrole nitrogens is 1. The van der Waals surface area contributed by atoms with Crippen molar-refractivity contribution in [2.75, 3.05) is 0 Å². The number of hydrogen-bond acceptors (Lipinski definition) is 1. The number of halogens is 1. The van der Waals surface area contributed by atoms with Crippen molar-refractivity contribution in [2.45, 2.75) is 13.8 Å². The van der Waals surface area contributed by atoms with Crippen molar-refractivity contribution in [3.63, 3.8) is 0 Å². The third-order valence-electron chi connectivity index (χ3n) is 2.34. The standard InChI is InChI=1S/C11H10ClNO/c1-6-3-11-8(4-10(6)12)9(5-13-11)7(2)14/h3-5,13H,1-2H3. The van der Waals surface area contributed by atoms with Gasteiger partial charge in [0.05, 0.1) is 0 Å². The number of hydrogen-bond donors (Lipinski definition) is 1. The van der Waals surface area contributed by atoms with E-state index in [0.717, 1.165) is 16.5 Å². The molecule has 0 fully saturated rings. The van der Waals surface area contributed by atoms with Gasteiger partial charge in [-0.05, 0) is 31.5 Å². The summed E-state index contributed by atoms with van der Waals surface area (Å²) in [5.41, 5.74) is 2.66. The lowest BCUT2D eigenvalue weighted by Crippen LogP contribution is -1.88. The second-order valence-electron chi connectivity index (χ2n) is 3.41. The van der Waals surface area contributed by atoms with Crippen molar-refractivity contribution >= 4 is 28.3 Å². The number of carbonyl (C=O) groups excluding carboxylic acids is 1. The number of aromatic amines is 1. The van der Waals surface area contributed by atoms with E-state index in [1.807, 2.05) is 19.1 Å². The third kappa shape index (κ3) is 1.32. The number of aromatic nitrogens is 1. The van der Waals surface area contributed by atoms with Crippen LogP contribution in [0, 0.1) is 6.92 Å². The molecule has 2 rings (SSSR count). The molecule has 0 aliphatic heterocycles. The molecule has 0 unspecified atom stereocenters. The first-order valence-corrected chi connectivity index (χ1v) is 4.75. The lowest BCUT2D eigenvalue weighted by molar-refractivity contribution is 0.101. The summed E-state index contributed by atoms with van der Waals surface area (Å²) in [6.45, 7) is 3.49. The summed E-state index contributed by atoms with van der Waals surface area (Å²) in [7, 11) is 0. The Morgan fingerprint density at radius 2 is 2.14 bits per heavy atom. The van der Waals surface area contributed by atoms with Gasteiger partial charge in [-0.25, -0.2) is 0 Å². The van der Waals surface area contributed by atoms with Crippen molar-refractivity contribution in [3.8, 4) is 0 Å². The second-order valence-corrected chi connectivity index (χ2v) is 3.81. The number of Topliss-reactive ketones (excluding diaryl/α,β-unsaturated/α-hetero) is 1.